The Morgan fingerprint density at radius 3 is 2.85 bits per heavy atom. The van der Waals surface area contributed by atoms with Crippen molar-refractivity contribution in [3.8, 4) is 0 Å². The molecule has 0 aliphatic carbocycles. The van der Waals surface area contributed by atoms with Gasteiger partial charge in [0.05, 0.1) is 24.4 Å². The molecule has 4 nitrogen and oxygen atoms in total. The smallest absolute Gasteiger partial charge is 0.0841 e. The van der Waals surface area contributed by atoms with E-state index < -0.39 is 0 Å². The third-order valence-corrected chi connectivity index (χ3v) is 3.37. The number of unbranched alkanes of at least 4 members (excludes halogenated alkanes) is 1. The standard InChI is InChI=1S/C16H25N3O/c1-3-5-11-20-12-10-19-16-9-7-6-8-14(16)15(18-19)13-17-4-2/h6-9,17H,3-5,10-13H2,1-2H3. The number of ether oxygens (including phenoxy) is 1. The molecule has 0 unspecified atom stereocenters. The first kappa shape index (κ1) is 15.0. The van der Waals surface area contributed by atoms with Crippen molar-refractivity contribution >= 4 is 10.9 Å². The molecule has 1 heterocycles. The molecule has 0 saturated heterocycles. The van der Waals surface area contributed by atoms with E-state index in [4.69, 9.17) is 9.84 Å². The Balaban J connectivity index is 2.04. The summed E-state index contributed by atoms with van der Waals surface area (Å²) < 4.78 is 7.70. The molecule has 1 N–H and O–H groups in total. The molecule has 0 atom stereocenters. The number of rotatable bonds is 9. The Bertz CT molecular complexity index is 521. The summed E-state index contributed by atoms with van der Waals surface area (Å²) in [7, 11) is 0. The first-order valence-corrected chi connectivity index (χ1v) is 7.59. The van der Waals surface area contributed by atoms with E-state index in [1.54, 1.807) is 0 Å². The summed E-state index contributed by atoms with van der Waals surface area (Å²) in [6, 6.07) is 8.41. The maximum Gasteiger partial charge on any atom is 0.0841 e. The summed E-state index contributed by atoms with van der Waals surface area (Å²) >= 11 is 0. The van der Waals surface area contributed by atoms with Crippen LogP contribution in [0.5, 0.6) is 0 Å². The molecule has 0 fully saturated rings. The normalized spacial score (nSPS) is 11.3. The van der Waals surface area contributed by atoms with E-state index in [1.807, 2.05) is 0 Å². The maximum absolute atomic E-state index is 5.64. The van der Waals surface area contributed by atoms with Gasteiger partial charge in [-0.2, -0.15) is 5.10 Å². The number of hydrogen-bond donors (Lipinski definition) is 1. The van der Waals surface area contributed by atoms with Gasteiger partial charge in [-0.3, -0.25) is 4.68 Å². The van der Waals surface area contributed by atoms with Crippen molar-refractivity contribution < 1.29 is 4.74 Å². The minimum absolute atomic E-state index is 0.728. The van der Waals surface area contributed by atoms with E-state index in [9.17, 15) is 0 Å². The third-order valence-electron chi connectivity index (χ3n) is 3.37. The highest BCUT2D eigenvalue weighted by molar-refractivity contribution is 5.81. The van der Waals surface area contributed by atoms with Crippen molar-refractivity contribution in [2.24, 2.45) is 0 Å². The van der Waals surface area contributed by atoms with Gasteiger partial charge in [0.15, 0.2) is 0 Å². The van der Waals surface area contributed by atoms with Crippen LogP contribution in [0.25, 0.3) is 10.9 Å². The predicted octanol–water partition coefficient (Wildman–Crippen LogP) is 2.96. The first-order chi connectivity index (χ1) is 9.86. The fraction of sp³-hybridized carbons (Fsp3) is 0.562. The van der Waals surface area contributed by atoms with Crippen LogP contribution in [0.4, 0.5) is 0 Å². The lowest BCUT2D eigenvalue weighted by Crippen LogP contribution is -2.13. The quantitative estimate of drug-likeness (QED) is 0.715. The van der Waals surface area contributed by atoms with E-state index >= 15 is 0 Å². The fourth-order valence-electron chi connectivity index (χ4n) is 2.24. The highest BCUT2D eigenvalue weighted by Crippen LogP contribution is 2.18. The van der Waals surface area contributed by atoms with Gasteiger partial charge in [-0.25, -0.2) is 0 Å². The molecule has 0 bridgehead atoms. The van der Waals surface area contributed by atoms with E-state index in [1.165, 1.54) is 17.3 Å². The second kappa shape index (κ2) is 8.02. The zero-order valence-corrected chi connectivity index (χ0v) is 12.6. The molecule has 0 radical (unpaired) electrons. The van der Waals surface area contributed by atoms with Crippen molar-refractivity contribution in [2.75, 3.05) is 19.8 Å². The Morgan fingerprint density at radius 2 is 2.05 bits per heavy atom. The van der Waals surface area contributed by atoms with Gasteiger partial charge >= 0.3 is 0 Å². The zero-order valence-electron chi connectivity index (χ0n) is 12.6. The number of fused-ring (bicyclic) bond motifs is 1. The Labute approximate surface area is 121 Å². The largest absolute Gasteiger partial charge is 0.380 e. The van der Waals surface area contributed by atoms with E-state index in [0.717, 1.165) is 45.0 Å². The summed E-state index contributed by atoms with van der Waals surface area (Å²) in [4.78, 5) is 0. The Morgan fingerprint density at radius 1 is 1.20 bits per heavy atom. The van der Waals surface area contributed by atoms with Crippen LogP contribution in [0, 0.1) is 0 Å². The number of aromatic nitrogens is 2. The average Bonchev–Trinajstić information content (AvgIpc) is 2.83. The van der Waals surface area contributed by atoms with Crippen LogP contribution in [0.3, 0.4) is 0 Å². The van der Waals surface area contributed by atoms with Crippen LogP contribution in [0.2, 0.25) is 0 Å². The highest BCUT2D eigenvalue weighted by atomic mass is 16.5. The Hall–Kier alpha value is -1.39. The minimum Gasteiger partial charge on any atom is -0.380 e. The molecule has 0 saturated carbocycles. The number of para-hydroxylation sites is 1. The number of benzene rings is 1. The van der Waals surface area contributed by atoms with Crippen LogP contribution < -0.4 is 5.32 Å². The minimum atomic E-state index is 0.728. The Kier molecular flexibility index (Phi) is 6.02. The van der Waals surface area contributed by atoms with Gasteiger partial charge in [-0.1, -0.05) is 38.5 Å². The van der Waals surface area contributed by atoms with Crippen molar-refractivity contribution in [3.63, 3.8) is 0 Å². The summed E-state index contributed by atoms with van der Waals surface area (Å²) in [6.45, 7) is 8.46. The van der Waals surface area contributed by atoms with Gasteiger partial charge < -0.3 is 10.1 Å². The molecule has 0 spiro atoms. The fourth-order valence-corrected chi connectivity index (χ4v) is 2.24. The number of nitrogens with zero attached hydrogens (tertiary/aromatic N) is 2. The molecule has 2 aromatic rings. The summed E-state index contributed by atoms with van der Waals surface area (Å²) in [6.07, 6.45) is 2.31. The molecule has 20 heavy (non-hydrogen) atoms. The second-order valence-corrected chi connectivity index (χ2v) is 4.93. The summed E-state index contributed by atoms with van der Waals surface area (Å²) in [5.74, 6) is 0. The van der Waals surface area contributed by atoms with E-state index in [0.29, 0.717) is 0 Å². The van der Waals surface area contributed by atoms with Crippen molar-refractivity contribution in [1.82, 2.24) is 15.1 Å². The number of hydrogen-bond acceptors (Lipinski definition) is 3. The van der Waals surface area contributed by atoms with Crippen LogP contribution in [0.15, 0.2) is 24.3 Å². The SMILES string of the molecule is CCCCOCCn1nc(CNCC)c2ccccc21. The van der Waals surface area contributed by atoms with Gasteiger partial charge in [-0.05, 0) is 19.0 Å². The predicted molar refractivity (Wildman–Crippen MR) is 82.8 cm³/mol. The van der Waals surface area contributed by atoms with Gasteiger partial charge in [0.2, 0.25) is 0 Å². The molecule has 1 aromatic carbocycles. The average molecular weight is 275 g/mol. The van der Waals surface area contributed by atoms with Gasteiger partial charge in [0.1, 0.15) is 0 Å². The lowest BCUT2D eigenvalue weighted by molar-refractivity contribution is 0.122. The van der Waals surface area contributed by atoms with Gasteiger partial charge in [0, 0.05) is 18.5 Å². The van der Waals surface area contributed by atoms with Gasteiger partial charge in [0.25, 0.3) is 0 Å². The maximum atomic E-state index is 5.64. The van der Waals surface area contributed by atoms with E-state index in [2.05, 4.69) is 48.1 Å². The van der Waals surface area contributed by atoms with Crippen LogP contribution in [-0.4, -0.2) is 29.5 Å². The molecule has 0 aliphatic heterocycles. The van der Waals surface area contributed by atoms with Gasteiger partial charge in [-0.15, -0.1) is 0 Å². The lowest BCUT2D eigenvalue weighted by atomic mass is 10.2. The number of nitrogens with one attached hydrogen (secondary N) is 1. The molecule has 110 valence electrons. The second-order valence-electron chi connectivity index (χ2n) is 4.93. The van der Waals surface area contributed by atoms with Crippen molar-refractivity contribution in [1.29, 1.82) is 0 Å². The van der Waals surface area contributed by atoms with Crippen molar-refractivity contribution in [3.05, 3.63) is 30.0 Å². The highest BCUT2D eigenvalue weighted by Gasteiger charge is 2.09. The topological polar surface area (TPSA) is 39.1 Å². The summed E-state index contributed by atoms with van der Waals surface area (Å²) in [5.41, 5.74) is 2.32. The van der Waals surface area contributed by atoms with E-state index in [-0.39, 0.29) is 0 Å². The van der Waals surface area contributed by atoms with Crippen LogP contribution >= 0.6 is 0 Å². The van der Waals surface area contributed by atoms with Crippen molar-refractivity contribution in [2.45, 2.75) is 39.8 Å². The zero-order chi connectivity index (χ0) is 14.2. The molecule has 4 heteroatoms. The first-order valence-electron chi connectivity index (χ1n) is 7.59. The molecular formula is C16H25N3O. The monoisotopic (exact) mass is 275 g/mol. The summed E-state index contributed by atoms with van der Waals surface area (Å²) in [5, 5.41) is 9.30. The third kappa shape index (κ3) is 3.81. The molecule has 0 amide bonds. The molecule has 1 aromatic heterocycles. The molecule has 2 rings (SSSR count). The van der Waals surface area contributed by atoms with Crippen LogP contribution in [0.1, 0.15) is 32.4 Å². The lowest BCUT2D eigenvalue weighted by Gasteiger charge is -2.05. The van der Waals surface area contributed by atoms with Crippen LogP contribution in [-0.2, 0) is 17.8 Å². The molecule has 0 aliphatic rings. The molecular weight excluding hydrogens is 250 g/mol.